The molecular formula is C28H38N4O4S. The number of amides is 2. The monoisotopic (exact) mass is 526 g/mol. The third-order valence-electron chi connectivity index (χ3n) is 7.49. The second kappa shape index (κ2) is 12.6. The summed E-state index contributed by atoms with van der Waals surface area (Å²) in [5, 5.41) is 8.59. The molecule has 2 aliphatic rings. The predicted octanol–water partition coefficient (Wildman–Crippen LogP) is 4.11. The zero-order valence-electron chi connectivity index (χ0n) is 22.0. The van der Waals surface area contributed by atoms with Crippen LogP contribution >= 0.6 is 11.3 Å². The van der Waals surface area contributed by atoms with Crippen LogP contribution in [0.3, 0.4) is 0 Å². The number of hydrogen-bond acceptors (Lipinski definition) is 7. The van der Waals surface area contributed by atoms with E-state index in [1.54, 1.807) is 37.6 Å². The van der Waals surface area contributed by atoms with Crippen LogP contribution in [0.5, 0.6) is 5.75 Å². The molecule has 1 aliphatic heterocycles. The third-order valence-corrected chi connectivity index (χ3v) is 8.44. The molecule has 1 saturated heterocycles. The number of thiazole rings is 1. The molecule has 3 atom stereocenters. The average Bonchev–Trinajstić information content (AvgIpc) is 3.61. The topological polar surface area (TPSA) is 101 Å². The summed E-state index contributed by atoms with van der Waals surface area (Å²) in [6.45, 7) is 4.86. The van der Waals surface area contributed by atoms with Crippen molar-refractivity contribution >= 4 is 28.9 Å². The van der Waals surface area contributed by atoms with Gasteiger partial charge in [0.15, 0.2) is 0 Å². The van der Waals surface area contributed by atoms with Crippen molar-refractivity contribution < 1.29 is 19.1 Å². The normalized spacial score (nSPS) is 19.9. The van der Waals surface area contributed by atoms with E-state index >= 15 is 0 Å². The molecule has 4 rings (SSSR count). The van der Waals surface area contributed by atoms with Gasteiger partial charge in [0, 0.05) is 17.5 Å². The van der Waals surface area contributed by atoms with Crippen molar-refractivity contribution in [2.75, 3.05) is 20.2 Å². The number of nitrogens with zero attached hydrogens (tertiary/aromatic N) is 2. The summed E-state index contributed by atoms with van der Waals surface area (Å²) >= 11 is 1.42. The maximum atomic E-state index is 13.9. The van der Waals surface area contributed by atoms with E-state index in [4.69, 9.17) is 4.74 Å². The second-order valence-electron chi connectivity index (χ2n) is 9.95. The van der Waals surface area contributed by atoms with E-state index in [2.05, 4.69) is 15.6 Å². The number of aromatic nitrogens is 1. The molecular weight excluding hydrogens is 488 g/mol. The van der Waals surface area contributed by atoms with Crippen molar-refractivity contribution in [2.24, 2.45) is 5.92 Å². The molecule has 1 aromatic carbocycles. The van der Waals surface area contributed by atoms with Crippen molar-refractivity contribution in [3.05, 3.63) is 45.9 Å². The number of ether oxygens (including phenoxy) is 1. The SMILES string of the molecule is CCOc1cccc(C(=O)c2csc(C3CCCN3C(=O)[C@@H](NC(=O)[C@H](C)NC)C3CCCCC3)n2)c1. The zero-order chi connectivity index (χ0) is 26.4. The number of benzene rings is 1. The van der Waals surface area contributed by atoms with Crippen molar-refractivity contribution in [1.29, 1.82) is 0 Å². The first-order valence-electron chi connectivity index (χ1n) is 13.4. The van der Waals surface area contributed by atoms with E-state index in [-0.39, 0.29) is 35.6 Å². The molecule has 0 bridgehead atoms. The Morgan fingerprint density at radius 2 is 1.95 bits per heavy atom. The lowest BCUT2D eigenvalue weighted by molar-refractivity contribution is -0.139. The first-order chi connectivity index (χ1) is 17.9. The number of hydrogen-bond donors (Lipinski definition) is 2. The van der Waals surface area contributed by atoms with Gasteiger partial charge in [0.1, 0.15) is 22.5 Å². The van der Waals surface area contributed by atoms with Gasteiger partial charge in [0.25, 0.3) is 0 Å². The highest BCUT2D eigenvalue weighted by atomic mass is 32.1. The fourth-order valence-electron chi connectivity index (χ4n) is 5.31. The van der Waals surface area contributed by atoms with E-state index in [0.29, 0.717) is 30.2 Å². The van der Waals surface area contributed by atoms with E-state index in [1.165, 1.54) is 17.8 Å². The van der Waals surface area contributed by atoms with Crippen molar-refractivity contribution in [3.63, 3.8) is 0 Å². The standard InChI is InChI=1S/C28H38N4O4S/c1-4-36-21-13-8-12-20(16-21)25(33)22-17-37-27(30-22)23-14-9-15-32(23)28(35)24(19-10-6-5-7-11-19)31-26(34)18(2)29-3/h8,12-13,16-19,23-24,29H,4-7,9-11,14-15H2,1-3H3,(H,31,34)/t18-,23?,24-/m0/s1. The predicted molar refractivity (Wildman–Crippen MR) is 144 cm³/mol. The maximum Gasteiger partial charge on any atom is 0.246 e. The molecule has 200 valence electrons. The lowest BCUT2D eigenvalue weighted by Gasteiger charge is -2.35. The fourth-order valence-corrected chi connectivity index (χ4v) is 6.26. The molecule has 0 radical (unpaired) electrons. The van der Waals surface area contributed by atoms with Gasteiger partial charge in [0.2, 0.25) is 17.6 Å². The fraction of sp³-hybridized carbons (Fsp3) is 0.571. The van der Waals surface area contributed by atoms with Crippen LogP contribution in [0.25, 0.3) is 0 Å². The smallest absolute Gasteiger partial charge is 0.246 e. The summed E-state index contributed by atoms with van der Waals surface area (Å²) < 4.78 is 5.53. The molecule has 1 unspecified atom stereocenters. The molecule has 2 aromatic rings. The summed E-state index contributed by atoms with van der Waals surface area (Å²) in [7, 11) is 1.74. The van der Waals surface area contributed by atoms with E-state index in [0.717, 1.165) is 43.5 Å². The Balaban J connectivity index is 1.52. The third kappa shape index (κ3) is 6.38. The molecule has 2 heterocycles. The highest BCUT2D eigenvalue weighted by Gasteiger charge is 2.40. The molecule has 37 heavy (non-hydrogen) atoms. The van der Waals surface area contributed by atoms with Gasteiger partial charge in [-0.2, -0.15) is 0 Å². The van der Waals surface area contributed by atoms with E-state index in [1.807, 2.05) is 17.9 Å². The average molecular weight is 527 g/mol. The van der Waals surface area contributed by atoms with Crippen LogP contribution in [0, 0.1) is 5.92 Å². The second-order valence-corrected chi connectivity index (χ2v) is 10.8. The van der Waals surface area contributed by atoms with Crippen molar-refractivity contribution in [1.82, 2.24) is 20.5 Å². The molecule has 2 amide bonds. The Morgan fingerprint density at radius 3 is 2.68 bits per heavy atom. The van der Waals surface area contributed by atoms with Crippen LogP contribution in [0.1, 0.15) is 85.9 Å². The maximum absolute atomic E-state index is 13.9. The van der Waals surface area contributed by atoms with Crippen LogP contribution in [0.4, 0.5) is 0 Å². The molecule has 1 aliphatic carbocycles. The largest absolute Gasteiger partial charge is 0.494 e. The van der Waals surface area contributed by atoms with Gasteiger partial charge in [0.05, 0.1) is 18.7 Å². The Hall–Kier alpha value is -2.78. The van der Waals surface area contributed by atoms with Gasteiger partial charge in [-0.15, -0.1) is 11.3 Å². The van der Waals surface area contributed by atoms with Crippen LogP contribution in [0.15, 0.2) is 29.6 Å². The zero-order valence-corrected chi connectivity index (χ0v) is 22.8. The summed E-state index contributed by atoms with van der Waals surface area (Å²) in [6, 6.07) is 6.04. The Morgan fingerprint density at radius 1 is 1.16 bits per heavy atom. The van der Waals surface area contributed by atoms with Crippen LogP contribution in [-0.2, 0) is 9.59 Å². The molecule has 8 nitrogen and oxygen atoms in total. The van der Waals surface area contributed by atoms with Gasteiger partial charge in [-0.1, -0.05) is 31.4 Å². The van der Waals surface area contributed by atoms with Crippen molar-refractivity contribution in [3.8, 4) is 5.75 Å². The van der Waals surface area contributed by atoms with Crippen LogP contribution < -0.4 is 15.4 Å². The number of likely N-dealkylation sites (tertiary alicyclic amines) is 1. The Bertz CT molecular complexity index is 1100. The van der Waals surface area contributed by atoms with E-state index in [9.17, 15) is 14.4 Å². The summed E-state index contributed by atoms with van der Waals surface area (Å²) in [6.07, 6.45) is 6.89. The highest BCUT2D eigenvalue weighted by Crippen LogP contribution is 2.36. The molecule has 1 aromatic heterocycles. The van der Waals surface area contributed by atoms with Crippen LogP contribution in [0.2, 0.25) is 0 Å². The van der Waals surface area contributed by atoms with Crippen LogP contribution in [-0.4, -0.2) is 59.8 Å². The minimum absolute atomic E-state index is 0.0291. The molecule has 0 spiro atoms. The number of nitrogens with one attached hydrogen (secondary N) is 2. The van der Waals surface area contributed by atoms with Gasteiger partial charge >= 0.3 is 0 Å². The minimum Gasteiger partial charge on any atom is -0.494 e. The van der Waals surface area contributed by atoms with Gasteiger partial charge in [-0.25, -0.2) is 4.98 Å². The summed E-state index contributed by atoms with van der Waals surface area (Å²) in [5.74, 6) is 0.451. The highest BCUT2D eigenvalue weighted by molar-refractivity contribution is 7.10. The molecule has 2 N–H and O–H groups in total. The van der Waals surface area contributed by atoms with Gasteiger partial charge < -0.3 is 20.3 Å². The first kappa shape index (κ1) is 27.3. The lowest BCUT2D eigenvalue weighted by atomic mass is 9.83. The van der Waals surface area contributed by atoms with E-state index < -0.39 is 6.04 Å². The van der Waals surface area contributed by atoms with Gasteiger partial charge in [-0.05, 0) is 64.6 Å². The molecule has 9 heteroatoms. The lowest BCUT2D eigenvalue weighted by Crippen LogP contribution is -2.55. The quantitative estimate of drug-likeness (QED) is 0.452. The number of likely N-dealkylation sites (N-methyl/N-ethyl adjacent to an activating group) is 1. The Kier molecular flexibility index (Phi) is 9.32. The molecule has 2 fully saturated rings. The number of carbonyl (C=O) groups excluding carboxylic acids is 3. The number of rotatable bonds is 10. The summed E-state index contributed by atoms with van der Waals surface area (Å²) in [5.41, 5.74) is 0.911. The van der Waals surface area contributed by atoms with Crippen molar-refractivity contribution in [2.45, 2.75) is 76.9 Å². The number of carbonyl (C=O) groups is 3. The number of ketones is 1. The summed E-state index contributed by atoms with van der Waals surface area (Å²) in [4.78, 5) is 46.4. The first-order valence-corrected chi connectivity index (χ1v) is 14.3. The minimum atomic E-state index is -0.536. The molecule has 1 saturated carbocycles. The Labute approximate surface area is 223 Å². The van der Waals surface area contributed by atoms with Gasteiger partial charge in [-0.3, -0.25) is 14.4 Å².